The van der Waals surface area contributed by atoms with Gasteiger partial charge in [-0.05, 0) is 62.1 Å². The molecule has 0 radical (unpaired) electrons. The number of amides is 2. The summed E-state index contributed by atoms with van der Waals surface area (Å²) in [7, 11) is 0. The summed E-state index contributed by atoms with van der Waals surface area (Å²) in [6, 6.07) is 10.9. The summed E-state index contributed by atoms with van der Waals surface area (Å²) in [5.41, 5.74) is 3.31. The van der Waals surface area contributed by atoms with Gasteiger partial charge in [-0.15, -0.1) is 0 Å². The molecule has 2 rings (SSSR count). The lowest BCUT2D eigenvalue weighted by atomic mass is 10.1. The highest BCUT2D eigenvalue weighted by Crippen LogP contribution is 2.18. The van der Waals surface area contributed by atoms with Crippen LogP contribution < -0.4 is 5.32 Å². The van der Waals surface area contributed by atoms with Gasteiger partial charge in [0.25, 0.3) is 5.91 Å². The second kappa shape index (κ2) is 11.2. The molecule has 0 saturated heterocycles. The Morgan fingerprint density at radius 2 is 1.77 bits per heavy atom. The summed E-state index contributed by atoms with van der Waals surface area (Å²) in [6.45, 7) is 7.03. The number of aryl methyl sites for hydroxylation is 1. The molecule has 0 aliphatic rings. The van der Waals surface area contributed by atoms with Gasteiger partial charge in [0.15, 0.2) is 6.61 Å². The number of esters is 1. The predicted octanol–water partition coefficient (Wildman–Crippen LogP) is 3.79. The standard InChI is InChI=1S/C24H29FN2O4/c1-5-17(3)27(14-22(28)26-21-8-6-7-16(2)18(21)4)23(29)15-31-24(30)13-19-9-11-20(25)12-10-19/h6-12,17H,5,13-15H2,1-4H3,(H,26,28)/t17-/m1/s1. The van der Waals surface area contributed by atoms with E-state index in [9.17, 15) is 18.8 Å². The normalized spacial score (nSPS) is 11.5. The van der Waals surface area contributed by atoms with E-state index < -0.39 is 24.3 Å². The minimum atomic E-state index is -0.594. The maximum absolute atomic E-state index is 13.0. The molecule has 1 atom stereocenters. The van der Waals surface area contributed by atoms with Crippen molar-refractivity contribution in [3.63, 3.8) is 0 Å². The Morgan fingerprint density at radius 1 is 1.10 bits per heavy atom. The number of carbonyl (C=O) groups excluding carboxylic acids is 3. The van der Waals surface area contributed by atoms with Crippen LogP contribution in [0.2, 0.25) is 0 Å². The van der Waals surface area contributed by atoms with E-state index in [0.29, 0.717) is 17.7 Å². The lowest BCUT2D eigenvalue weighted by molar-refractivity contribution is -0.152. The molecule has 0 heterocycles. The van der Waals surface area contributed by atoms with Gasteiger partial charge < -0.3 is 15.0 Å². The molecule has 2 amide bonds. The van der Waals surface area contributed by atoms with Crippen molar-refractivity contribution in [1.29, 1.82) is 0 Å². The van der Waals surface area contributed by atoms with Gasteiger partial charge in [-0.2, -0.15) is 0 Å². The zero-order valence-corrected chi connectivity index (χ0v) is 18.4. The van der Waals surface area contributed by atoms with Crippen molar-refractivity contribution in [2.24, 2.45) is 0 Å². The second-order valence-electron chi connectivity index (χ2n) is 7.54. The first-order valence-corrected chi connectivity index (χ1v) is 10.3. The summed E-state index contributed by atoms with van der Waals surface area (Å²) in [6.07, 6.45) is 0.579. The molecule has 0 saturated carbocycles. The van der Waals surface area contributed by atoms with Crippen LogP contribution in [0.3, 0.4) is 0 Å². The molecule has 2 aromatic rings. The monoisotopic (exact) mass is 428 g/mol. The number of anilines is 1. The van der Waals surface area contributed by atoms with Crippen LogP contribution in [0.4, 0.5) is 10.1 Å². The second-order valence-corrected chi connectivity index (χ2v) is 7.54. The Hall–Kier alpha value is -3.22. The largest absolute Gasteiger partial charge is 0.455 e. The van der Waals surface area contributed by atoms with Crippen molar-refractivity contribution in [1.82, 2.24) is 4.90 Å². The minimum Gasteiger partial charge on any atom is -0.455 e. The molecule has 0 fully saturated rings. The zero-order valence-electron chi connectivity index (χ0n) is 18.4. The van der Waals surface area contributed by atoms with Gasteiger partial charge in [0.1, 0.15) is 12.4 Å². The summed E-state index contributed by atoms with van der Waals surface area (Å²) < 4.78 is 18.1. The molecule has 0 bridgehead atoms. The highest BCUT2D eigenvalue weighted by Gasteiger charge is 2.23. The average Bonchev–Trinajstić information content (AvgIpc) is 2.74. The molecular weight excluding hydrogens is 399 g/mol. The molecule has 166 valence electrons. The topological polar surface area (TPSA) is 75.7 Å². The molecule has 1 N–H and O–H groups in total. The van der Waals surface area contributed by atoms with E-state index in [0.717, 1.165) is 11.1 Å². The van der Waals surface area contributed by atoms with E-state index in [4.69, 9.17) is 4.74 Å². The summed E-state index contributed by atoms with van der Waals surface area (Å²) >= 11 is 0. The number of hydrogen-bond donors (Lipinski definition) is 1. The van der Waals surface area contributed by atoms with E-state index in [1.54, 1.807) is 0 Å². The summed E-state index contributed by atoms with van der Waals surface area (Å²) in [5, 5.41) is 2.85. The van der Waals surface area contributed by atoms with Crippen molar-refractivity contribution in [3.8, 4) is 0 Å². The molecule has 0 aliphatic heterocycles. The molecule has 6 nitrogen and oxygen atoms in total. The van der Waals surface area contributed by atoms with Crippen LogP contribution in [0.25, 0.3) is 0 Å². The zero-order chi connectivity index (χ0) is 23.0. The third kappa shape index (κ3) is 7.20. The predicted molar refractivity (Wildman–Crippen MR) is 117 cm³/mol. The maximum Gasteiger partial charge on any atom is 0.310 e. The average molecular weight is 429 g/mol. The fraction of sp³-hybridized carbons (Fsp3) is 0.375. The number of nitrogens with one attached hydrogen (secondary N) is 1. The first-order valence-electron chi connectivity index (χ1n) is 10.3. The first-order chi connectivity index (χ1) is 14.7. The quantitative estimate of drug-likeness (QED) is 0.617. The number of carbonyl (C=O) groups is 3. The fourth-order valence-corrected chi connectivity index (χ4v) is 2.99. The Bertz CT molecular complexity index is 928. The van der Waals surface area contributed by atoms with E-state index in [2.05, 4.69) is 5.32 Å². The smallest absolute Gasteiger partial charge is 0.310 e. The van der Waals surface area contributed by atoms with Crippen molar-refractivity contribution < 1.29 is 23.5 Å². The lowest BCUT2D eigenvalue weighted by Crippen LogP contribution is -2.45. The number of nitrogens with zero attached hydrogens (tertiary/aromatic N) is 1. The van der Waals surface area contributed by atoms with Crippen LogP contribution in [0.5, 0.6) is 0 Å². The summed E-state index contributed by atoms with van der Waals surface area (Å²) in [5.74, 6) is -1.75. The number of rotatable bonds is 9. The number of ether oxygens (including phenoxy) is 1. The SMILES string of the molecule is CC[C@@H](C)N(CC(=O)Nc1cccc(C)c1C)C(=O)COC(=O)Cc1ccc(F)cc1. The number of benzene rings is 2. The van der Waals surface area contributed by atoms with Crippen LogP contribution in [0.1, 0.15) is 37.0 Å². The fourth-order valence-electron chi connectivity index (χ4n) is 2.99. The van der Waals surface area contributed by atoms with Crippen molar-refractivity contribution >= 4 is 23.5 Å². The van der Waals surface area contributed by atoms with Gasteiger partial charge in [0.2, 0.25) is 5.91 Å². The minimum absolute atomic E-state index is 0.0655. The van der Waals surface area contributed by atoms with Crippen molar-refractivity contribution in [3.05, 3.63) is 65.0 Å². The molecule has 0 aliphatic carbocycles. The van der Waals surface area contributed by atoms with Gasteiger partial charge in [-0.3, -0.25) is 14.4 Å². The van der Waals surface area contributed by atoms with Crippen LogP contribution in [-0.2, 0) is 25.5 Å². The molecule has 7 heteroatoms. The third-order valence-electron chi connectivity index (χ3n) is 5.25. The Kier molecular flexibility index (Phi) is 8.73. The Balaban J connectivity index is 1.95. The highest BCUT2D eigenvalue weighted by atomic mass is 19.1. The Morgan fingerprint density at radius 3 is 2.42 bits per heavy atom. The van der Waals surface area contributed by atoms with E-state index >= 15 is 0 Å². The highest BCUT2D eigenvalue weighted by molar-refractivity contribution is 5.95. The number of hydrogen-bond acceptors (Lipinski definition) is 4. The van der Waals surface area contributed by atoms with Gasteiger partial charge in [0, 0.05) is 11.7 Å². The van der Waals surface area contributed by atoms with Crippen molar-refractivity contribution in [2.75, 3.05) is 18.5 Å². The van der Waals surface area contributed by atoms with Gasteiger partial charge in [-0.25, -0.2) is 4.39 Å². The van der Waals surface area contributed by atoms with Gasteiger partial charge >= 0.3 is 5.97 Å². The number of halogens is 1. The molecule has 2 aromatic carbocycles. The van der Waals surface area contributed by atoms with Crippen LogP contribution in [0, 0.1) is 19.7 Å². The molecular formula is C24H29FN2O4. The molecule has 0 unspecified atom stereocenters. The lowest BCUT2D eigenvalue weighted by Gasteiger charge is -2.28. The van der Waals surface area contributed by atoms with Crippen molar-refractivity contribution in [2.45, 2.75) is 46.6 Å². The van der Waals surface area contributed by atoms with Crippen LogP contribution in [0.15, 0.2) is 42.5 Å². The van der Waals surface area contributed by atoms with E-state index in [1.807, 2.05) is 45.9 Å². The molecule has 0 aromatic heterocycles. The van der Waals surface area contributed by atoms with Crippen LogP contribution >= 0.6 is 0 Å². The van der Waals surface area contributed by atoms with Crippen LogP contribution in [-0.4, -0.2) is 41.9 Å². The maximum atomic E-state index is 13.0. The van der Waals surface area contributed by atoms with E-state index in [1.165, 1.54) is 29.2 Å². The third-order valence-corrected chi connectivity index (χ3v) is 5.25. The van der Waals surface area contributed by atoms with Gasteiger partial charge in [-0.1, -0.05) is 31.2 Å². The molecule has 31 heavy (non-hydrogen) atoms. The summed E-state index contributed by atoms with van der Waals surface area (Å²) in [4.78, 5) is 38.7. The molecule has 0 spiro atoms. The Labute approximate surface area is 182 Å². The van der Waals surface area contributed by atoms with E-state index in [-0.39, 0.29) is 24.9 Å². The first kappa shape index (κ1) is 24.1. The van der Waals surface area contributed by atoms with Gasteiger partial charge in [0.05, 0.1) is 6.42 Å².